The van der Waals surface area contributed by atoms with Crippen LogP contribution in [0, 0.1) is 0 Å². The largest absolute Gasteiger partial charge is 0.376 e. The fourth-order valence-electron chi connectivity index (χ4n) is 2.36. The van der Waals surface area contributed by atoms with Crippen LogP contribution in [-0.2, 0) is 20.8 Å². The molecule has 3 rings (SSSR count). The third-order valence-corrected chi connectivity index (χ3v) is 3.91. The summed E-state index contributed by atoms with van der Waals surface area (Å²) in [5, 5.41) is 7.08. The molecule has 1 amide bonds. The zero-order chi connectivity index (χ0) is 16.8. The molecule has 8 heteroatoms. The van der Waals surface area contributed by atoms with E-state index in [-0.39, 0.29) is 25.2 Å². The average Bonchev–Trinajstić information content (AvgIpc) is 3.25. The van der Waals surface area contributed by atoms with Crippen molar-refractivity contribution >= 4 is 17.5 Å². The van der Waals surface area contributed by atoms with Gasteiger partial charge in [-0.05, 0) is 25.0 Å². The van der Waals surface area contributed by atoms with Gasteiger partial charge in [-0.1, -0.05) is 28.9 Å². The Labute approximate surface area is 144 Å². The number of carbonyl (C=O) groups excluding carboxylic acids is 1. The second-order valence-corrected chi connectivity index (χ2v) is 5.83. The van der Waals surface area contributed by atoms with E-state index in [9.17, 15) is 4.79 Å². The highest BCUT2D eigenvalue weighted by molar-refractivity contribution is 6.33. The Morgan fingerprint density at radius 3 is 3.08 bits per heavy atom. The van der Waals surface area contributed by atoms with Crippen molar-refractivity contribution in [2.24, 2.45) is 0 Å². The van der Waals surface area contributed by atoms with Crippen LogP contribution < -0.4 is 5.32 Å². The van der Waals surface area contributed by atoms with E-state index in [1.54, 1.807) is 12.1 Å². The molecule has 1 atom stereocenters. The summed E-state index contributed by atoms with van der Waals surface area (Å²) in [6, 6.07) is 7.21. The number of carbonyl (C=O) groups is 1. The molecule has 0 unspecified atom stereocenters. The van der Waals surface area contributed by atoms with E-state index in [1.165, 1.54) is 0 Å². The van der Waals surface area contributed by atoms with E-state index in [1.807, 2.05) is 12.1 Å². The molecular formula is C16H18ClN3O4. The van der Waals surface area contributed by atoms with Crippen LogP contribution in [0.4, 0.5) is 0 Å². The van der Waals surface area contributed by atoms with Gasteiger partial charge in [0.1, 0.15) is 6.61 Å². The number of nitrogens with one attached hydrogen (secondary N) is 1. The first-order valence-corrected chi connectivity index (χ1v) is 8.13. The predicted molar refractivity (Wildman–Crippen MR) is 86.4 cm³/mol. The summed E-state index contributed by atoms with van der Waals surface area (Å²) in [7, 11) is 0. The maximum atomic E-state index is 11.7. The molecule has 7 nitrogen and oxygen atoms in total. The third-order valence-electron chi connectivity index (χ3n) is 3.58. The normalized spacial score (nSPS) is 17.1. The van der Waals surface area contributed by atoms with Crippen LogP contribution in [0.3, 0.4) is 0 Å². The van der Waals surface area contributed by atoms with Crippen molar-refractivity contribution in [3.05, 3.63) is 35.2 Å². The van der Waals surface area contributed by atoms with E-state index in [2.05, 4.69) is 15.5 Å². The first-order chi connectivity index (χ1) is 11.7. The Bertz CT molecular complexity index is 685. The van der Waals surface area contributed by atoms with Gasteiger partial charge in [-0.2, -0.15) is 4.98 Å². The van der Waals surface area contributed by atoms with Gasteiger partial charge in [0.25, 0.3) is 0 Å². The van der Waals surface area contributed by atoms with E-state index in [0.717, 1.165) is 19.4 Å². The topological polar surface area (TPSA) is 86.5 Å². The summed E-state index contributed by atoms with van der Waals surface area (Å²) in [6.07, 6.45) is 2.13. The highest BCUT2D eigenvalue weighted by Gasteiger charge is 2.16. The van der Waals surface area contributed by atoms with Crippen LogP contribution in [0.2, 0.25) is 5.02 Å². The molecule has 24 heavy (non-hydrogen) atoms. The maximum absolute atomic E-state index is 11.7. The molecule has 0 saturated carbocycles. The number of hydrogen-bond acceptors (Lipinski definition) is 6. The summed E-state index contributed by atoms with van der Waals surface area (Å²) in [4.78, 5) is 16.0. The molecule has 1 aliphatic rings. The number of aromatic nitrogens is 2. The number of hydrogen-bond donors (Lipinski definition) is 1. The second-order valence-electron chi connectivity index (χ2n) is 5.42. The van der Waals surface area contributed by atoms with Crippen molar-refractivity contribution in [3.8, 4) is 11.4 Å². The molecule has 0 bridgehead atoms. The molecule has 1 aliphatic heterocycles. The number of benzene rings is 1. The monoisotopic (exact) mass is 351 g/mol. The molecule has 1 saturated heterocycles. The minimum atomic E-state index is -0.245. The van der Waals surface area contributed by atoms with Crippen LogP contribution in [0.1, 0.15) is 18.7 Å². The predicted octanol–water partition coefficient (Wildman–Crippen LogP) is 2.20. The van der Waals surface area contributed by atoms with Crippen LogP contribution in [0.15, 0.2) is 28.8 Å². The number of halogens is 1. The van der Waals surface area contributed by atoms with Crippen LogP contribution in [-0.4, -0.2) is 42.0 Å². The summed E-state index contributed by atoms with van der Waals surface area (Å²) in [5.74, 6) is 0.447. The highest BCUT2D eigenvalue weighted by Crippen LogP contribution is 2.24. The van der Waals surface area contributed by atoms with Gasteiger partial charge in [-0.25, -0.2) is 0 Å². The Balaban J connectivity index is 1.43. The van der Waals surface area contributed by atoms with Crippen LogP contribution in [0.25, 0.3) is 11.4 Å². The van der Waals surface area contributed by atoms with E-state index in [4.69, 9.17) is 25.6 Å². The molecule has 2 aromatic rings. The van der Waals surface area contributed by atoms with Gasteiger partial charge < -0.3 is 19.3 Å². The van der Waals surface area contributed by atoms with Gasteiger partial charge >= 0.3 is 0 Å². The fourth-order valence-corrected chi connectivity index (χ4v) is 2.58. The number of amides is 1. The Hall–Kier alpha value is -1.96. The molecule has 2 heterocycles. The molecule has 0 radical (unpaired) electrons. The SMILES string of the molecule is O=C(COC[C@H]1CCCO1)NCc1nc(-c2ccccc2Cl)no1. The maximum Gasteiger partial charge on any atom is 0.246 e. The molecule has 1 aromatic carbocycles. The molecule has 1 aromatic heterocycles. The van der Waals surface area contributed by atoms with Crippen molar-refractivity contribution in [1.82, 2.24) is 15.5 Å². The smallest absolute Gasteiger partial charge is 0.246 e. The lowest BCUT2D eigenvalue weighted by Gasteiger charge is -2.09. The van der Waals surface area contributed by atoms with Gasteiger partial charge in [-0.15, -0.1) is 0 Å². The Morgan fingerprint density at radius 1 is 1.42 bits per heavy atom. The average molecular weight is 352 g/mol. The highest BCUT2D eigenvalue weighted by atomic mass is 35.5. The van der Waals surface area contributed by atoms with Gasteiger partial charge in [-0.3, -0.25) is 4.79 Å². The van der Waals surface area contributed by atoms with Gasteiger partial charge in [0.05, 0.1) is 24.3 Å². The van der Waals surface area contributed by atoms with E-state index in [0.29, 0.717) is 28.9 Å². The summed E-state index contributed by atoms with van der Waals surface area (Å²) >= 11 is 6.09. The van der Waals surface area contributed by atoms with Crippen molar-refractivity contribution in [1.29, 1.82) is 0 Å². The van der Waals surface area contributed by atoms with Crippen molar-refractivity contribution in [2.75, 3.05) is 19.8 Å². The van der Waals surface area contributed by atoms with E-state index < -0.39 is 0 Å². The summed E-state index contributed by atoms with van der Waals surface area (Å²) in [5.41, 5.74) is 0.681. The summed E-state index contributed by atoms with van der Waals surface area (Å²) < 4.78 is 15.9. The first kappa shape index (κ1) is 16.9. The van der Waals surface area contributed by atoms with Gasteiger partial charge in [0.2, 0.25) is 17.6 Å². The second kappa shape index (κ2) is 8.23. The van der Waals surface area contributed by atoms with Crippen LogP contribution >= 0.6 is 11.6 Å². The first-order valence-electron chi connectivity index (χ1n) is 7.76. The molecule has 0 aliphatic carbocycles. The van der Waals surface area contributed by atoms with Crippen molar-refractivity contribution in [3.63, 3.8) is 0 Å². The minimum absolute atomic E-state index is 0.0225. The molecule has 1 N–H and O–H groups in total. The number of ether oxygens (including phenoxy) is 2. The summed E-state index contributed by atoms with van der Waals surface area (Å²) in [6.45, 7) is 1.32. The minimum Gasteiger partial charge on any atom is -0.376 e. The fraction of sp³-hybridized carbons (Fsp3) is 0.438. The van der Waals surface area contributed by atoms with Gasteiger partial charge in [0.15, 0.2) is 0 Å². The Morgan fingerprint density at radius 2 is 2.29 bits per heavy atom. The number of nitrogens with zero attached hydrogens (tertiary/aromatic N) is 2. The lowest BCUT2D eigenvalue weighted by atomic mass is 10.2. The van der Waals surface area contributed by atoms with Crippen molar-refractivity contribution in [2.45, 2.75) is 25.5 Å². The lowest BCUT2D eigenvalue weighted by molar-refractivity contribution is -0.127. The molecule has 0 spiro atoms. The quantitative estimate of drug-likeness (QED) is 0.823. The zero-order valence-electron chi connectivity index (χ0n) is 13.0. The van der Waals surface area contributed by atoms with E-state index >= 15 is 0 Å². The lowest BCUT2D eigenvalue weighted by Crippen LogP contribution is -2.28. The third kappa shape index (κ3) is 4.53. The number of rotatable bonds is 7. The zero-order valence-corrected chi connectivity index (χ0v) is 13.8. The van der Waals surface area contributed by atoms with Crippen LogP contribution in [0.5, 0.6) is 0 Å². The standard InChI is InChI=1S/C16H18ClN3O4/c17-13-6-2-1-5-12(13)16-19-15(24-20-16)8-18-14(21)10-22-9-11-4-3-7-23-11/h1-2,5-6,11H,3-4,7-10H2,(H,18,21)/t11-/m1/s1. The van der Waals surface area contributed by atoms with Gasteiger partial charge in [0, 0.05) is 12.2 Å². The molecule has 1 fully saturated rings. The molecule has 128 valence electrons. The Kier molecular flexibility index (Phi) is 5.79. The molecular weight excluding hydrogens is 334 g/mol. The van der Waals surface area contributed by atoms with Crippen molar-refractivity contribution < 1.29 is 18.8 Å².